The topological polar surface area (TPSA) is 56.8 Å². The second-order valence-electron chi connectivity index (χ2n) is 5.68. The van der Waals surface area contributed by atoms with E-state index in [-0.39, 0.29) is 25.2 Å². The number of benzene rings is 1. The minimum Gasteiger partial charge on any atom is -0.455 e. The zero-order chi connectivity index (χ0) is 16.5. The zero-order valence-corrected chi connectivity index (χ0v) is 12.2. The van der Waals surface area contributed by atoms with Gasteiger partial charge in [0, 0.05) is 12.8 Å². The summed E-state index contributed by atoms with van der Waals surface area (Å²) in [7, 11) is 0. The summed E-state index contributed by atoms with van der Waals surface area (Å²) in [6, 6.07) is 4.42. The molecule has 0 aromatic heterocycles. The Balaban J connectivity index is 1.78. The van der Waals surface area contributed by atoms with Crippen LogP contribution in [-0.2, 0) is 4.74 Å². The molecule has 0 aliphatic carbocycles. The highest BCUT2D eigenvalue weighted by atomic mass is 19.4. The quantitative estimate of drug-likeness (QED) is 0.863. The van der Waals surface area contributed by atoms with E-state index in [4.69, 9.17) is 14.2 Å². The monoisotopic (exact) mass is 331 g/mol. The lowest BCUT2D eigenvalue weighted by Gasteiger charge is -2.37. The maximum atomic E-state index is 12.9. The minimum atomic E-state index is -4.40. The molecular weight excluding hydrogens is 315 g/mol. The third kappa shape index (κ3) is 3.69. The second-order valence-corrected chi connectivity index (χ2v) is 5.68. The minimum absolute atomic E-state index is 0.0531. The van der Waals surface area contributed by atoms with Crippen LogP contribution in [0.3, 0.4) is 0 Å². The number of carbonyl (C=O) groups is 1. The number of esters is 1. The van der Waals surface area contributed by atoms with Crippen molar-refractivity contribution in [2.45, 2.75) is 31.0 Å². The predicted molar refractivity (Wildman–Crippen MR) is 73.5 cm³/mol. The number of rotatable bonds is 3. The molecule has 1 N–H and O–H groups in total. The van der Waals surface area contributed by atoms with Gasteiger partial charge in [-0.3, -0.25) is 0 Å². The number of hydrogen-bond donors (Lipinski definition) is 1. The van der Waals surface area contributed by atoms with Crippen LogP contribution in [0, 0.1) is 0 Å². The first-order chi connectivity index (χ1) is 10.9. The highest BCUT2D eigenvalue weighted by molar-refractivity contribution is 5.90. The number of nitrogens with one attached hydrogen (secondary N) is 1. The molecule has 1 saturated heterocycles. The van der Waals surface area contributed by atoms with Gasteiger partial charge in [-0.25, -0.2) is 4.79 Å². The van der Waals surface area contributed by atoms with Gasteiger partial charge in [0.05, 0.1) is 12.0 Å². The molecule has 5 nitrogen and oxygen atoms in total. The van der Waals surface area contributed by atoms with Crippen LogP contribution < -0.4 is 14.8 Å². The summed E-state index contributed by atoms with van der Waals surface area (Å²) >= 11 is 0. The first-order valence-corrected chi connectivity index (χ1v) is 7.27. The van der Waals surface area contributed by atoms with Crippen LogP contribution in [0.15, 0.2) is 18.2 Å². The van der Waals surface area contributed by atoms with Crippen molar-refractivity contribution in [3.05, 3.63) is 23.8 Å². The highest BCUT2D eigenvalue weighted by Gasteiger charge is 2.46. The molecular formula is C15H16F3NO4. The van der Waals surface area contributed by atoms with Crippen LogP contribution >= 0.6 is 0 Å². The van der Waals surface area contributed by atoms with Crippen molar-refractivity contribution in [3.8, 4) is 11.5 Å². The van der Waals surface area contributed by atoms with Crippen molar-refractivity contribution < 1.29 is 32.2 Å². The summed E-state index contributed by atoms with van der Waals surface area (Å²) < 4.78 is 54.2. The Bertz CT molecular complexity index is 597. The Kier molecular flexibility index (Phi) is 4.09. The number of halogens is 3. The van der Waals surface area contributed by atoms with Gasteiger partial charge in [0.2, 0.25) is 6.79 Å². The Morgan fingerprint density at radius 1 is 1.22 bits per heavy atom. The van der Waals surface area contributed by atoms with Gasteiger partial charge < -0.3 is 19.5 Å². The first kappa shape index (κ1) is 15.9. The van der Waals surface area contributed by atoms with E-state index in [9.17, 15) is 18.0 Å². The molecule has 0 amide bonds. The van der Waals surface area contributed by atoms with Crippen molar-refractivity contribution in [2.24, 2.45) is 0 Å². The fourth-order valence-corrected chi connectivity index (χ4v) is 2.84. The Labute approximate surface area is 130 Å². The molecule has 0 spiro atoms. The molecule has 2 aliphatic rings. The largest absolute Gasteiger partial charge is 0.455 e. The maximum absolute atomic E-state index is 12.9. The molecule has 0 radical (unpaired) electrons. The van der Waals surface area contributed by atoms with Gasteiger partial charge in [0.25, 0.3) is 0 Å². The van der Waals surface area contributed by atoms with Crippen LogP contribution in [0.4, 0.5) is 13.2 Å². The van der Waals surface area contributed by atoms with Gasteiger partial charge in [-0.15, -0.1) is 0 Å². The summed E-state index contributed by atoms with van der Waals surface area (Å²) in [4.78, 5) is 12.3. The molecule has 8 heteroatoms. The number of fused-ring (bicyclic) bond motifs is 1. The first-order valence-electron chi connectivity index (χ1n) is 7.27. The van der Waals surface area contributed by atoms with Crippen molar-refractivity contribution in [1.29, 1.82) is 0 Å². The van der Waals surface area contributed by atoms with E-state index in [1.165, 1.54) is 18.2 Å². The maximum Gasteiger partial charge on any atom is 0.392 e. The molecule has 0 unspecified atom stereocenters. The van der Waals surface area contributed by atoms with Crippen molar-refractivity contribution in [1.82, 2.24) is 5.32 Å². The Hall–Kier alpha value is -1.96. The third-order valence-corrected chi connectivity index (χ3v) is 3.95. The van der Waals surface area contributed by atoms with Crippen molar-refractivity contribution in [2.75, 3.05) is 19.9 Å². The summed E-state index contributed by atoms with van der Waals surface area (Å²) in [6.07, 6.45) is -5.28. The van der Waals surface area contributed by atoms with E-state index in [1.54, 1.807) is 0 Å². The molecule has 2 aliphatic heterocycles. The molecule has 3 rings (SSSR count). The summed E-state index contributed by atoms with van der Waals surface area (Å²) in [6.45, 7) is 0.812. The standard InChI is InChI=1S/C15H16F3NO4/c16-15(17,18)8-14(3-5-19-6-4-14)23-13(20)10-1-2-11-12(7-10)22-9-21-11/h1-2,7,19H,3-6,8-9H2. The summed E-state index contributed by atoms with van der Waals surface area (Å²) in [5.74, 6) is 0.0949. The highest BCUT2D eigenvalue weighted by Crippen LogP contribution is 2.38. The lowest BCUT2D eigenvalue weighted by Crippen LogP contribution is -2.47. The van der Waals surface area contributed by atoms with Crippen molar-refractivity contribution >= 4 is 5.97 Å². The van der Waals surface area contributed by atoms with Gasteiger partial charge in [-0.1, -0.05) is 0 Å². The summed E-state index contributed by atoms with van der Waals surface area (Å²) in [5.41, 5.74) is -1.37. The molecule has 126 valence electrons. The van der Waals surface area contributed by atoms with Gasteiger partial charge in [-0.05, 0) is 31.3 Å². The Morgan fingerprint density at radius 3 is 2.61 bits per heavy atom. The normalized spacial score (nSPS) is 19.4. The van der Waals surface area contributed by atoms with Crippen molar-refractivity contribution in [3.63, 3.8) is 0 Å². The lowest BCUT2D eigenvalue weighted by molar-refractivity contribution is -0.181. The number of hydrogen-bond acceptors (Lipinski definition) is 5. The number of carbonyl (C=O) groups excluding carboxylic acids is 1. The molecule has 1 aromatic rings. The van der Waals surface area contributed by atoms with Gasteiger partial charge >= 0.3 is 12.1 Å². The smallest absolute Gasteiger partial charge is 0.392 e. The average molecular weight is 331 g/mol. The molecule has 1 fully saturated rings. The van der Waals surface area contributed by atoms with Crippen LogP contribution in [0.1, 0.15) is 29.6 Å². The van der Waals surface area contributed by atoms with E-state index in [1.807, 2.05) is 0 Å². The predicted octanol–water partition coefficient (Wildman–Crippen LogP) is 2.65. The fraction of sp³-hybridized carbons (Fsp3) is 0.533. The SMILES string of the molecule is O=C(OC1(CC(F)(F)F)CCNCC1)c1ccc2c(c1)OCO2. The second kappa shape index (κ2) is 5.92. The number of alkyl halides is 3. The average Bonchev–Trinajstić information content (AvgIpc) is 2.93. The van der Waals surface area contributed by atoms with E-state index < -0.39 is 24.2 Å². The van der Waals surface area contributed by atoms with E-state index in [0.717, 1.165) is 0 Å². The van der Waals surface area contributed by atoms with Crippen LogP contribution in [-0.4, -0.2) is 37.6 Å². The molecule has 1 aromatic carbocycles. The number of piperidine rings is 1. The molecule has 2 heterocycles. The third-order valence-electron chi connectivity index (χ3n) is 3.95. The van der Waals surface area contributed by atoms with Gasteiger partial charge in [0.1, 0.15) is 5.60 Å². The molecule has 0 saturated carbocycles. The van der Waals surface area contributed by atoms with E-state index >= 15 is 0 Å². The van der Waals surface area contributed by atoms with Gasteiger partial charge in [0.15, 0.2) is 11.5 Å². The molecule has 0 bridgehead atoms. The van der Waals surface area contributed by atoms with Crippen LogP contribution in [0.2, 0.25) is 0 Å². The molecule has 0 atom stereocenters. The van der Waals surface area contributed by atoms with Crippen LogP contribution in [0.25, 0.3) is 0 Å². The van der Waals surface area contributed by atoms with Crippen LogP contribution in [0.5, 0.6) is 11.5 Å². The molecule has 23 heavy (non-hydrogen) atoms. The van der Waals surface area contributed by atoms with E-state index in [2.05, 4.69) is 5.32 Å². The summed E-state index contributed by atoms with van der Waals surface area (Å²) in [5, 5.41) is 2.98. The number of ether oxygens (including phenoxy) is 3. The van der Waals surface area contributed by atoms with Gasteiger partial charge in [-0.2, -0.15) is 13.2 Å². The fourth-order valence-electron chi connectivity index (χ4n) is 2.84. The zero-order valence-electron chi connectivity index (χ0n) is 12.2. The Morgan fingerprint density at radius 2 is 1.91 bits per heavy atom. The van der Waals surface area contributed by atoms with E-state index in [0.29, 0.717) is 24.6 Å². The lowest BCUT2D eigenvalue weighted by atomic mass is 9.88.